The molecule has 1 N–H and O–H groups in total. The summed E-state index contributed by atoms with van der Waals surface area (Å²) in [4.78, 5) is 48.1. The first kappa shape index (κ1) is 52.1. The van der Waals surface area contributed by atoms with Crippen molar-refractivity contribution in [1.82, 2.24) is 0 Å². The van der Waals surface area contributed by atoms with Crippen molar-refractivity contribution in [3.05, 3.63) is 55.5 Å². The van der Waals surface area contributed by atoms with Gasteiger partial charge in [-0.3, -0.25) is 0 Å². The van der Waals surface area contributed by atoms with Crippen LogP contribution in [0.5, 0.6) is 0 Å². The van der Waals surface area contributed by atoms with Crippen molar-refractivity contribution in [3.63, 3.8) is 0 Å². The Kier molecular flexibility index (Phi) is 728. The summed E-state index contributed by atoms with van der Waals surface area (Å²) in [7, 11) is 0. The van der Waals surface area contributed by atoms with Crippen LogP contribution in [0.25, 0.3) is 0 Å². The third-order valence-electron chi connectivity index (χ3n) is 0. The van der Waals surface area contributed by atoms with Crippen LogP contribution in [-0.2, 0) is 17.1 Å². The normalized spacial score (nSPS) is 3.60. The van der Waals surface area contributed by atoms with E-state index in [4.69, 9.17) is 60.7 Å². The molecule has 0 fully saturated rings. The summed E-state index contributed by atoms with van der Waals surface area (Å²) in [5, 5.41) is 52.9. The van der Waals surface area contributed by atoms with Crippen LogP contribution in [0.2, 0.25) is 0 Å². The van der Waals surface area contributed by atoms with E-state index in [0.29, 0.717) is 0 Å². The summed E-state index contributed by atoms with van der Waals surface area (Å²) in [6.07, 6.45) is 0. The molecule has 0 heterocycles. The maximum absolute atomic E-state index is 8.11. The molecule has 0 rings (SSSR count). The Morgan fingerprint density at radius 3 is 0.600 bits per heavy atom. The molecular weight excluding hydrogens is 355 g/mol. The number of nitrogens with zero attached hydrogens (tertiary/aromatic N) is 6. The van der Waals surface area contributed by atoms with Crippen molar-refractivity contribution in [3.8, 4) is 0 Å². The van der Waals surface area contributed by atoms with Crippen LogP contribution >= 0.6 is 0 Å². The summed E-state index contributed by atoms with van der Waals surface area (Å²) in [5.74, 6) is 0. The predicted molar refractivity (Wildman–Crippen MR) is 54.5 cm³/mol. The zero-order chi connectivity index (χ0) is 16.2. The first-order valence-electron chi connectivity index (χ1n) is 2.21. The molecule has 0 unspecified atom stereocenters. The minimum absolute atomic E-state index is 0. The zero-order valence-electron chi connectivity index (χ0n) is 9.97. The number of hydrogen-bond donors (Lipinski definition) is 1. The van der Waals surface area contributed by atoms with Gasteiger partial charge in [0.2, 0.25) is 0 Å². The van der Waals surface area contributed by atoms with Gasteiger partial charge >= 0.3 is 29.6 Å². The van der Waals surface area contributed by atoms with Crippen molar-refractivity contribution >= 4 is 0 Å². The van der Waals surface area contributed by atoms with Gasteiger partial charge in [-0.25, -0.2) is 0 Å². The predicted octanol–water partition coefficient (Wildman–Crippen LogP) is -1.49. The SMILES string of the molecule is O=NO.O=N[O-].O=N[O-].O=N[O-].O=N[O-].O=N[O-].[Fe].[H-].[Na+]. The second-order valence-corrected chi connectivity index (χ2v) is 0.454. The van der Waals surface area contributed by atoms with Crippen LogP contribution in [0.15, 0.2) is 32.0 Å². The Morgan fingerprint density at radius 1 is 0.600 bits per heavy atom. The van der Waals surface area contributed by atoms with Crippen molar-refractivity contribution < 1.29 is 53.3 Å². The average molecular weight is 357 g/mol. The van der Waals surface area contributed by atoms with Crippen LogP contribution < -0.4 is 29.6 Å². The molecule has 0 aliphatic rings. The van der Waals surface area contributed by atoms with Crippen molar-refractivity contribution in [1.29, 1.82) is 0 Å². The largest absolute Gasteiger partial charge is 1.00 e. The van der Waals surface area contributed by atoms with Gasteiger partial charge in [-0.15, -0.1) is 31.6 Å². The van der Waals surface area contributed by atoms with Crippen molar-refractivity contribution in [2.75, 3.05) is 0 Å². The second kappa shape index (κ2) is 279. The molecule has 0 spiro atoms. The maximum atomic E-state index is 8.11. The maximum Gasteiger partial charge on any atom is 1.00 e. The average Bonchev–Trinajstić information content (AvgIpc) is 2.23. The van der Waals surface area contributed by atoms with Gasteiger partial charge in [0.05, 0.1) is 0 Å². The molecule has 18 nitrogen and oxygen atoms in total. The van der Waals surface area contributed by atoms with E-state index < -0.39 is 0 Å². The number of rotatable bonds is 0. The summed E-state index contributed by atoms with van der Waals surface area (Å²) >= 11 is 0. The molecule has 20 heteroatoms. The number of hydrogen-bond acceptors (Lipinski definition) is 17. The summed E-state index contributed by atoms with van der Waals surface area (Å²) in [5.41, 5.74) is 0. The quantitative estimate of drug-likeness (QED) is 0.294. The molecule has 0 saturated carbocycles. The molecule has 0 aromatic rings. The van der Waals surface area contributed by atoms with E-state index in [-0.39, 0.29) is 48.1 Å². The van der Waals surface area contributed by atoms with Gasteiger partial charge in [-0.1, -0.05) is 0 Å². The summed E-state index contributed by atoms with van der Waals surface area (Å²) in [6.45, 7) is 0. The van der Waals surface area contributed by atoms with Crippen LogP contribution in [-0.4, -0.2) is 5.21 Å². The van der Waals surface area contributed by atoms with Gasteiger partial charge in [0.1, 0.15) is 0 Å². The zero-order valence-corrected chi connectivity index (χ0v) is 12.1. The van der Waals surface area contributed by atoms with Crippen LogP contribution in [0.4, 0.5) is 0 Å². The fraction of sp³-hybridized carbons (Fsp3) is 0. The Hall–Kier alpha value is -2.08. The summed E-state index contributed by atoms with van der Waals surface area (Å²) in [6, 6.07) is 0. The Balaban J connectivity index is -0.0000000114. The van der Waals surface area contributed by atoms with E-state index in [1.807, 2.05) is 0 Å². The van der Waals surface area contributed by atoms with E-state index in [2.05, 4.69) is 0 Å². The standard InChI is InChI=1S/Fe.6HNO2.Na.H/c;6*2-1-3;;/h;6*(H,2,3);;/q;;;;;;;+1;-1/p-5. The Morgan fingerprint density at radius 2 is 0.600 bits per heavy atom. The molecular formula is H2FeN6NaO12-5. The molecule has 0 aromatic heterocycles. The van der Waals surface area contributed by atoms with E-state index >= 15 is 0 Å². The first-order valence-corrected chi connectivity index (χ1v) is 2.21. The van der Waals surface area contributed by atoms with E-state index in [1.54, 1.807) is 0 Å². The minimum atomic E-state index is 0. The first-order chi connectivity index (χ1) is 8.49. The molecule has 0 radical (unpaired) electrons. The Bertz CT molecular complexity index is 125. The smallest absolute Gasteiger partial charge is 1.00 e. The second-order valence-electron chi connectivity index (χ2n) is 0.454. The molecule has 0 saturated heterocycles. The molecule has 0 bridgehead atoms. The van der Waals surface area contributed by atoms with E-state index in [0.717, 1.165) is 26.7 Å². The minimum Gasteiger partial charge on any atom is -1.00 e. The molecule has 0 atom stereocenters. The van der Waals surface area contributed by atoms with Crippen LogP contribution in [0.3, 0.4) is 0 Å². The molecule has 20 heavy (non-hydrogen) atoms. The third-order valence-corrected chi connectivity index (χ3v) is 0. The van der Waals surface area contributed by atoms with Gasteiger partial charge in [0.25, 0.3) is 0 Å². The van der Waals surface area contributed by atoms with Crippen molar-refractivity contribution in [2.45, 2.75) is 0 Å². The fourth-order valence-electron chi connectivity index (χ4n) is 0. The van der Waals surface area contributed by atoms with E-state index in [1.165, 1.54) is 5.34 Å². The van der Waals surface area contributed by atoms with E-state index in [9.17, 15) is 0 Å². The summed E-state index contributed by atoms with van der Waals surface area (Å²) < 4.78 is 0. The molecule has 0 aromatic carbocycles. The topological polar surface area (TPSA) is 312 Å². The molecule has 0 aliphatic carbocycles. The van der Waals surface area contributed by atoms with Gasteiger partial charge in [-0.05, 0) is 0 Å². The van der Waals surface area contributed by atoms with Gasteiger partial charge in [0, 0.05) is 17.1 Å². The van der Waals surface area contributed by atoms with Gasteiger partial charge < -0.3 is 57.2 Å². The molecule has 0 amide bonds. The van der Waals surface area contributed by atoms with Crippen LogP contribution in [0, 0.1) is 55.5 Å². The molecule has 118 valence electrons. The Labute approximate surface area is 141 Å². The molecule has 0 aliphatic heterocycles. The van der Waals surface area contributed by atoms with Gasteiger partial charge in [-0.2, -0.15) is 0 Å². The fourth-order valence-corrected chi connectivity index (χ4v) is 0. The van der Waals surface area contributed by atoms with Gasteiger partial charge in [0.15, 0.2) is 5.34 Å². The van der Waals surface area contributed by atoms with Crippen LogP contribution in [0.1, 0.15) is 1.43 Å². The third kappa shape index (κ3) is 819. The van der Waals surface area contributed by atoms with Crippen molar-refractivity contribution in [2.24, 2.45) is 32.0 Å². The monoisotopic (exact) mass is 357 g/mol.